The molecule has 2 aliphatic heterocycles. The van der Waals surface area contributed by atoms with Crippen molar-refractivity contribution in [2.45, 2.75) is 75.9 Å². The number of fused-ring (bicyclic) bond motifs is 2. The van der Waals surface area contributed by atoms with Crippen LogP contribution in [-0.4, -0.2) is 28.9 Å². The lowest BCUT2D eigenvalue weighted by atomic mass is 9.72. The number of hydrogen-bond donors (Lipinski definition) is 1. The van der Waals surface area contributed by atoms with Gasteiger partial charge in [-0.05, 0) is 44.1 Å². The van der Waals surface area contributed by atoms with E-state index in [-0.39, 0.29) is 5.41 Å². The summed E-state index contributed by atoms with van der Waals surface area (Å²) in [5.74, 6) is 1.99. The summed E-state index contributed by atoms with van der Waals surface area (Å²) in [7, 11) is 0. The molecule has 0 spiro atoms. The van der Waals surface area contributed by atoms with Gasteiger partial charge in [0, 0.05) is 6.42 Å². The zero-order chi connectivity index (χ0) is 14.3. The van der Waals surface area contributed by atoms with Crippen LogP contribution in [0.25, 0.3) is 0 Å². The van der Waals surface area contributed by atoms with E-state index in [4.69, 9.17) is 15.0 Å². The monoisotopic (exact) mass is 291 g/mol. The lowest BCUT2D eigenvalue weighted by Gasteiger charge is -2.34. The Balaban J connectivity index is 1.47. The van der Waals surface area contributed by atoms with Gasteiger partial charge < -0.3 is 15.0 Å². The minimum Gasteiger partial charge on any atom is -0.374 e. The minimum atomic E-state index is 0.188. The zero-order valence-corrected chi connectivity index (χ0v) is 12.6. The third-order valence-corrected chi connectivity index (χ3v) is 5.79. The predicted molar refractivity (Wildman–Crippen MR) is 77.8 cm³/mol. The van der Waals surface area contributed by atoms with Crippen LogP contribution >= 0.6 is 0 Å². The number of hydrogen-bond acceptors (Lipinski definition) is 5. The van der Waals surface area contributed by atoms with Crippen LogP contribution in [0.5, 0.6) is 0 Å². The number of nitrogens with zero attached hydrogens (tertiary/aromatic N) is 2. The second-order valence-corrected chi connectivity index (χ2v) is 7.20. The fourth-order valence-electron chi connectivity index (χ4n) is 4.48. The Morgan fingerprint density at radius 2 is 2.05 bits per heavy atom. The molecule has 0 amide bonds. The molecule has 2 saturated heterocycles. The van der Waals surface area contributed by atoms with Crippen LogP contribution in [0.4, 0.5) is 0 Å². The summed E-state index contributed by atoms with van der Waals surface area (Å²) >= 11 is 0. The molecule has 4 rings (SSSR count). The van der Waals surface area contributed by atoms with E-state index in [1.807, 2.05) is 0 Å². The standard InChI is InChI=1S/C16H25N3O2/c17-10-16(6-2-1-3-7-16)9-14-18-15(19-21-14)12-8-11-4-5-13(12)20-11/h11-13H,1-10,17H2. The summed E-state index contributed by atoms with van der Waals surface area (Å²) in [5, 5.41) is 4.24. The van der Waals surface area contributed by atoms with Crippen molar-refractivity contribution in [1.82, 2.24) is 10.1 Å². The van der Waals surface area contributed by atoms with Crippen LogP contribution in [-0.2, 0) is 11.2 Å². The number of nitrogens with two attached hydrogens (primary N) is 1. The molecule has 3 atom stereocenters. The van der Waals surface area contributed by atoms with Gasteiger partial charge in [0.15, 0.2) is 5.82 Å². The highest BCUT2D eigenvalue weighted by Gasteiger charge is 2.44. The predicted octanol–water partition coefficient (Wildman–Crippen LogP) is 2.56. The maximum atomic E-state index is 6.05. The van der Waals surface area contributed by atoms with Crippen LogP contribution in [0.3, 0.4) is 0 Å². The van der Waals surface area contributed by atoms with Crippen molar-refractivity contribution in [3.63, 3.8) is 0 Å². The number of rotatable bonds is 4. The molecule has 116 valence electrons. The van der Waals surface area contributed by atoms with E-state index in [1.165, 1.54) is 38.5 Å². The van der Waals surface area contributed by atoms with Gasteiger partial charge in [-0.15, -0.1) is 0 Å². The van der Waals surface area contributed by atoms with E-state index < -0.39 is 0 Å². The highest BCUT2D eigenvalue weighted by molar-refractivity contribution is 5.07. The second kappa shape index (κ2) is 5.36. The Bertz CT molecular complexity index is 495. The van der Waals surface area contributed by atoms with Gasteiger partial charge in [-0.3, -0.25) is 0 Å². The van der Waals surface area contributed by atoms with Gasteiger partial charge in [0.1, 0.15) is 0 Å². The molecule has 3 unspecified atom stereocenters. The fourth-order valence-corrected chi connectivity index (χ4v) is 4.48. The van der Waals surface area contributed by atoms with E-state index in [0.29, 0.717) is 18.1 Å². The lowest BCUT2D eigenvalue weighted by molar-refractivity contribution is 0.0996. The summed E-state index contributed by atoms with van der Waals surface area (Å²) in [4.78, 5) is 4.68. The summed E-state index contributed by atoms with van der Waals surface area (Å²) < 4.78 is 11.4. The summed E-state index contributed by atoms with van der Waals surface area (Å²) in [6, 6.07) is 0. The van der Waals surface area contributed by atoms with Crippen molar-refractivity contribution < 1.29 is 9.26 Å². The Morgan fingerprint density at radius 3 is 2.71 bits per heavy atom. The van der Waals surface area contributed by atoms with Crippen molar-refractivity contribution in [3.8, 4) is 0 Å². The Hall–Kier alpha value is -0.940. The summed E-state index contributed by atoms with van der Waals surface area (Å²) in [6.07, 6.45) is 11.3. The molecule has 1 aromatic rings. The fraction of sp³-hybridized carbons (Fsp3) is 0.875. The van der Waals surface area contributed by atoms with Gasteiger partial charge >= 0.3 is 0 Å². The molecule has 1 aromatic heterocycles. The molecule has 3 aliphatic rings. The SMILES string of the molecule is NCC1(Cc2nc(C3CC4CCC3O4)no2)CCCCC1. The Labute approximate surface area is 125 Å². The highest BCUT2D eigenvalue weighted by Crippen LogP contribution is 2.44. The Kier molecular flexibility index (Phi) is 3.50. The quantitative estimate of drug-likeness (QED) is 0.922. The smallest absolute Gasteiger partial charge is 0.227 e. The number of aromatic nitrogens is 2. The molecule has 5 nitrogen and oxygen atoms in total. The second-order valence-electron chi connectivity index (χ2n) is 7.20. The molecular formula is C16H25N3O2. The molecule has 1 aliphatic carbocycles. The third kappa shape index (κ3) is 2.50. The first-order chi connectivity index (χ1) is 10.3. The van der Waals surface area contributed by atoms with E-state index in [1.54, 1.807) is 0 Å². The van der Waals surface area contributed by atoms with E-state index in [0.717, 1.165) is 37.5 Å². The summed E-state index contributed by atoms with van der Waals surface area (Å²) in [6.45, 7) is 0.724. The topological polar surface area (TPSA) is 74.2 Å². The van der Waals surface area contributed by atoms with Gasteiger partial charge in [-0.2, -0.15) is 4.98 Å². The average molecular weight is 291 g/mol. The molecule has 3 fully saturated rings. The molecular weight excluding hydrogens is 266 g/mol. The van der Waals surface area contributed by atoms with E-state index >= 15 is 0 Å². The van der Waals surface area contributed by atoms with E-state index in [9.17, 15) is 0 Å². The minimum absolute atomic E-state index is 0.188. The van der Waals surface area contributed by atoms with Crippen molar-refractivity contribution in [2.24, 2.45) is 11.1 Å². The molecule has 5 heteroatoms. The summed E-state index contributed by atoms with van der Waals surface area (Å²) in [5.41, 5.74) is 6.24. The third-order valence-electron chi connectivity index (χ3n) is 5.79. The highest BCUT2D eigenvalue weighted by atomic mass is 16.5. The number of ether oxygens (including phenoxy) is 1. The molecule has 3 heterocycles. The maximum absolute atomic E-state index is 6.05. The van der Waals surface area contributed by atoms with Gasteiger partial charge in [0.25, 0.3) is 0 Å². The van der Waals surface area contributed by atoms with Crippen molar-refractivity contribution >= 4 is 0 Å². The Morgan fingerprint density at radius 1 is 1.19 bits per heavy atom. The van der Waals surface area contributed by atoms with E-state index in [2.05, 4.69) is 10.1 Å². The molecule has 0 radical (unpaired) electrons. The molecule has 2 N–H and O–H groups in total. The van der Waals surface area contributed by atoms with Crippen molar-refractivity contribution in [1.29, 1.82) is 0 Å². The zero-order valence-electron chi connectivity index (χ0n) is 12.6. The van der Waals surface area contributed by atoms with Gasteiger partial charge in [0.2, 0.25) is 5.89 Å². The largest absolute Gasteiger partial charge is 0.374 e. The first-order valence-corrected chi connectivity index (χ1v) is 8.46. The molecule has 2 bridgehead atoms. The van der Waals surface area contributed by atoms with Gasteiger partial charge in [-0.25, -0.2) is 0 Å². The van der Waals surface area contributed by atoms with Crippen molar-refractivity contribution in [3.05, 3.63) is 11.7 Å². The van der Waals surface area contributed by atoms with Crippen molar-refractivity contribution in [2.75, 3.05) is 6.54 Å². The van der Waals surface area contributed by atoms with Gasteiger partial charge in [-0.1, -0.05) is 24.4 Å². The first-order valence-electron chi connectivity index (χ1n) is 8.46. The van der Waals surface area contributed by atoms with Crippen LogP contribution in [0, 0.1) is 5.41 Å². The average Bonchev–Trinajstić information content (AvgIpc) is 3.24. The normalized spacial score (nSPS) is 34.4. The van der Waals surface area contributed by atoms with Crippen LogP contribution in [0.15, 0.2) is 4.52 Å². The van der Waals surface area contributed by atoms with Crippen LogP contribution in [0.2, 0.25) is 0 Å². The first kappa shape index (κ1) is 13.7. The molecule has 1 saturated carbocycles. The molecule has 0 aromatic carbocycles. The van der Waals surface area contributed by atoms with Crippen LogP contribution < -0.4 is 5.73 Å². The lowest BCUT2D eigenvalue weighted by Crippen LogP contribution is -2.35. The van der Waals surface area contributed by atoms with Crippen LogP contribution in [0.1, 0.15) is 69.0 Å². The molecule has 21 heavy (non-hydrogen) atoms. The van der Waals surface area contributed by atoms with Gasteiger partial charge in [0.05, 0.1) is 18.1 Å². The maximum Gasteiger partial charge on any atom is 0.227 e.